The molecular formula is C50H44N6O8S3. The molecule has 0 radical (unpaired) electrons. The van der Waals surface area contributed by atoms with Crippen molar-refractivity contribution in [1.82, 2.24) is 15.2 Å². The third kappa shape index (κ3) is 9.97. The van der Waals surface area contributed by atoms with Gasteiger partial charge < -0.3 is 34.4 Å². The van der Waals surface area contributed by atoms with Crippen molar-refractivity contribution in [3.05, 3.63) is 183 Å². The number of carbonyl (C=O) groups excluding carboxylic acids is 3. The molecule has 2 N–H and O–H groups in total. The van der Waals surface area contributed by atoms with Crippen LogP contribution >= 0.6 is 34.9 Å². The molecule has 0 saturated carbocycles. The van der Waals surface area contributed by atoms with Gasteiger partial charge in [0.25, 0.3) is 11.8 Å². The van der Waals surface area contributed by atoms with Crippen molar-refractivity contribution in [3.63, 3.8) is 0 Å². The lowest BCUT2D eigenvalue weighted by Gasteiger charge is -2.49. The number of esters is 1. The van der Waals surface area contributed by atoms with Gasteiger partial charge in [-0.15, -0.1) is 34.9 Å². The Bertz CT molecular complexity index is 2720. The summed E-state index contributed by atoms with van der Waals surface area (Å²) in [4.78, 5) is 55.1. The first-order valence-corrected chi connectivity index (χ1v) is 23.8. The number of aromatic nitrogens is 1. The van der Waals surface area contributed by atoms with E-state index in [9.17, 15) is 19.6 Å². The smallest absolute Gasteiger partial charge is 0.356 e. The molecule has 0 bridgehead atoms. The summed E-state index contributed by atoms with van der Waals surface area (Å²) in [7, 11) is 4.64. The number of anilines is 1. The molecule has 340 valence electrons. The highest BCUT2D eigenvalue weighted by molar-refractivity contribution is 8.06. The first-order chi connectivity index (χ1) is 32.8. The Balaban J connectivity index is 1.09. The highest BCUT2D eigenvalue weighted by atomic mass is 32.2. The number of hydrogen-bond acceptors (Lipinski definition) is 15. The summed E-state index contributed by atoms with van der Waals surface area (Å²) in [6.45, 7) is -0.138. The van der Waals surface area contributed by atoms with Gasteiger partial charge in [-0.3, -0.25) is 14.5 Å². The van der Waals surface area contributed by atoms with Crippen molar-refractivity contribution in [2.24, 2.45) is 5.16 Å². The molecule has 17 heteroatoms. The number of oxime groups is 1. The second-order valence-electron chi connectivity index (χ2n) is 14.9. The molecule has 6 aromatic rings. The van der Waals surface area contributed by atoms with Crippen molar-refractivity contribution < 1.29 is 38.2 Å². The number of methoxy groups -OCH3 is 3. The molecule has 8 rings (SSSR count). The number of amides is 2. The number of fused-ring (bicyclic) bond motifs is 1. The Kier molecular flexibility index (Phi) is 14.8. The molecule has 1 fully saturated rings. The summed E-state index contributed by atoms with van der Waals surface area (Å²) in [6, 6.07) is 43.5. The van der Waals surface area contributed by atoms with E-state index >= 15 is 0 Å². The van der Waals surface area contributed by atoms with Crippen LogP contribution in [0.5, 0.6) is 17.2 Å². The Hall–Kier alpha value is -7.26. The van der Waals surface area contributed by atoms with Crippen LogP contribution in [0.3, 0.4) is 0 Å². The number of hydrogen-bond donors (Lipinski definition) is 2. The van der Waals surface area contributed by atoms with E-state index in [1.54, 1.807) is 62.1 Å². The lowest BCUT2D eigenvalue weighted by Crippen LogP contribution is -2.71. The van der Waals surface area contributed by atoms with E-state index in [0.717, 1.165) is 16.7 Å². The molecule has 2 aliphatic rings. The third-order valence-corrected chi connectivity index (χ3v) is 14.2. The third-order valence-electron chi connectivity index (χ3n) is 11.0. The molecule has 3 heterocycles. The van der Waals surface area contributed by atoms with Gasteiger partial charge >= 0.3 is 5.97 Å². The van der Waals surface area contributed by atoms with Gasteiger partial charge in [0, 0.05) is 27.7 Å². The van der Waals surface area contributed by atoms with Crippen LogP contribution in [0.15, 0.2) is 155 Å². The van der Waals surface area contributed by atoms with Crippen molar-refractivity contribution in [2.45, 2.75) is 30.2 Å². The number of thiazole rings is 1. The standard InChI is InChI=1S/C50H44N6O8S3/c1-60-37-22-19-32(20-23-37)28-63-48(59)44-41(65-26-25-51)31-66-47-43(46(58)56(44)47)53-45(57)42(55-64-29-33-21-24-38(61-2)27-40(33)62-3)39-30-67-49(52-39)54-50(34-13-7-4-8-14-34,35-15-9-5-10-16-35)36-17-11-6-12-18-36/h4-24,27,30,43,47H,26,28-29,31H2,1-3H3,(H,52,54)(H,53,57)/b55-42-/t43-,47+/m1/s1. The molecule has 0 aliphatic carbocycles. The molecule has 1 saturated heterocycles. The summed E-state index contributed by atoms with van der Waals surface area (Å²) < 4.78 is 21.9. The number of nitriles is 1. The van der Waals surface area contributed by atoms with Gasteiger partial charge in [-0.1, -0.05) is 108 Å². The van der Waals surface area contributed by atoms with Crippen molar-refractivity contribution in [1.29, 1.82) is 5.26 Å². The molecule has 1 aromatic heterocycles. The largest absolute Gasteiger partial charge is 0.497 e. The predicted octanol–water partition coefficient (Wildman–Crippen LogP) is 8.11. The number of thioether (sulfide) groups is 2. The first-order valence-electron chi connectivity index (χ1n) is 20.9. The number of rotatable bonds is 19. The van der Waals surface area contributed by atoms with Crippen molar-refractivity contribution >= 4 is 63.5 Å². The van der Waals surface area contributed by atoms with Crippen molar-refractivity contribution in [3.8, 4) is 23.3 Å². The number of benzene rings is 5. The van der Waals surface area contributed by atoms with Gasteiger partial charge in [-0.05, 0) is 46.5 Å². The van der Waals surface area contributed by atoms with Gasteiger partial charge in [-0.25, -0.2) is 9.78 Å². The van der Waals surface area contributed by atoms with Crippen LogP contribution < -0.4 is 24.8 Å². The van der Waals surface area contributed by atoms with E-state index in [1.165, 1.54) is 46.9 Å². The maximum absolute atomic E-state index is 14.5. The summed E-state index contributed by atoms with van der Waals surface area (Å²) in [6.07, 6.45) is 0. The second kappa shape index (κ2) is 21.4. The van der Waals surface area contributed by atoms with Gasteiger partial charge in [0.05, 0.1) is 33.2 Å². The van der Waals surface area contributed by atoms with E-state index in [-0.39, 0.29) is 36.1 Å². The van der Waals surface area contributed by atoms with E-state index in [0.29, 0.717) is 44.2 Å². The zero-order chi connectivity index (χ0) is 46.8. The maximum Gasteiger partial charge on any atom is 0.356 e. The van der Waals surface area contributed by atoms with Crippen LogP contribution in [0.4, 0.5) is 5.13 Å². The average molecular weight is 953 g/mol. The van der Waals surface area contributed by atoms with E-state index in [4.69, 9.17) is 28.8 Å². The van der Waals surface area contributed by atoms with Crippen LogP contribution in [-0.2, 0) is 42.7 Å². The molecule has 2 atom stereocenters. The molecule has 5 aromatic carbocycles. The summed E-state index contributed by atoms with van der Waals surface area (Å²) >= 11 is 3.81. The number of ether oxygens (including phenoxy) is 4. The van der Waals surface area contributed by atoms with Gasteiger partial charge in [0.15, 0.2) is 10.8 Å². The zero-order valence-corrected chi connectivity index (χ0v) is 39.0. The average Bonchev–Trinajstić information content (AvgIpc) is 3.85. The van der Waals surface area contributed by atoms with E-state index in [2.05, 4.69) is 58.3 Å². The van der Waals surface area contributed by atoms with E-state index in [1.807, 2.05) is 54.6 Å². The molecule has 2 amide bonds. The molecule has 0 spiro atoms. The fourth-order valence-electron chi connectivity index (χ4n) is 7.68. The van der Waals surface area contributed by atoms with Gasteiger partial charge in [0.1, 0.15) is 58.8 Å². The monoisotopic (exact) mass is 952 g/mol. The Morgan fingerprint density at radius 1 is 0.851 bits per heavy atom. The lowest BCUT2D eigenvalue weighted by atomic mass is 9.77. The topological polar surface area (TPSA) is 174 Å². The van der Waals surface area contributed by atoms with Crippen LogP contribution in [0.2, 0.25) is 0 Å². The maximum atomic E-state index is 14.5. The second-order valence-corrected chi connectivity index (χ2v) is 17.9. The van der Waals surface area contributed by atoms with Crippen LogP contribution in [0.25, 0.3) is 0 Å². The van der Waals surface area contributed by atoms with Gasteiger partial charge in [-0.2, -0.15) is 5.26 Å². The van der Waals surface area contributed by atoms with Crippen molar-refractivity contribution in [2.75, 3.05) is 38.2 Å². The highest BCUT2D eigenvalue weighted by Gasteiger charge is 2.55. The van der Waals surface area contributed by atoms with Gasteiger partial charge in [0.2, 0.25) is 0 Å². The van der Waals surface area contributed by atoms with Crippen LogP contribution in [0.1, 0.15) is 33.5 Å². The molecule has 0 unspecified atom stereocenters. The summed E-state index contributed by atoms with van der Waals surface area (Å²) in [5.74, 6) is 0.129. The zero-order valence-electron chi connectivity index (χ0n) is 36.5. The number of β-lactam (4-membered cyclic amide) rings is 1. The molecule has 67 heavy (non-hydrogen) atoms. The minimum Gasteiger partial charge on any atom is -0.497 e. The minimum atomic E-state index is -1.05. The SMILES string of the molecule is COc1ccc(COC(=O)C2=C(SCC#N)CS[C@H]3[C@H](NC(=O)/C(=N\OCc4ccc(OC)cc4OC)c4csc(NC(c5ccccc5)(c5ccccc5)c5ccccc5)n4)C(=O)N23)cc1. The van der Waals surface area contributed by atoms with E-state index < -0.39 is 34.7 Å². The number of carbonyl (C=O) groups is 3. The number of nitrogens with zero attached hydrogens (tertiary/aromatic N) is 4. The lowest BCUT2D eigenvalue weighted by molar-refractivity contribution is -0.153. The normalized spacial score (nSPS) is 15.6. The Morgan fingerprint density at radius 2 is 1.48 bits per heavy atom. The Labute approximate surface area is 399 Å². The predicted molar refractivity (Wildman–Crippen MR) is 259 cm³/mol. The Morgan fingerprint density at radius 3 is 2.07 bits per heavy atom. The molecular weight excluding hydrogens is 909 g/mol. The molecule has 2 aliphatic heterocycles. The van der Waals surface area contributed by atoms with Crippen LogP contribution in [-0.4, -0.2) is 77.6 Å². The first kappa shape index (κ1) is 46.3. The summed E-state index contributed by atoms with van der Waals surface area (Å²) in [5, 5.41) is 21.9. The molecule has 14 nitrogen and oxygen atoms in total. The summed E-state index contributed by atoms with van der Waals surface area (Å²) in [5.41, 5.74) is 3.36. The highest BCUT2D eigenvalue weighted by Crippen LogP contribution is 2.44. The fraction of sp³-hybridized carbons (Fsp3) is 0.200. The number of nitrogens with one attached hydrogen (secondary N) is 2. The fourth-order valence-corrected chi connectivity index (χ4v) is 10.7. The quantitative estimate of drug-likeness (QED) is 0.0262. The van der Waals surface area contributed by atoms with Crippen LogP contribution in [0, 0.1) is 11.3 Å². The minimum absolute atomic E-state index is 0.0487.